The van der Waals surface area contributed by atoms with Crippen molar-refractivity contribution in [2.75, 3.05) is 19.7 Å². The fraction of sp³-hybridized carbons (Fsp3) is 0.647. The molecule has 0 fully saturated rings. The summed E-state index contributed by atoms with van der Waals surface area (Å²) < 4.78 is 5.67. The van der Waals surface area contributed by atoms with Crippen LogP contribution in [0.1, 0.15) is 46.1 Å². The van der Waals surface area contributed by atoms with Crippen molar-refractivity contribution in [3.8, 4) is 5.88 Å². The second kappa shape index (κ2) is 13.4. The van der Waals surface area contributed by atoms with Crippen LogP contribution in [-0.2, 0) is 6.54 Å². The van der Waals surface area contributed by atoms with Crippen LogP contribution >= 0.6 is 24.0 Å². The predicted octanol–water partition coefficient (Wildman–Crippen LogP) is 3.59. The summed E-state index contributed by atoms with van der Waals surface area (Å²) in [4.78, 5) is 8.92. The first kappa shape index (κ1) is 21.9. The Hall–Kier alpha value is -1.05. The Kier molecular flexibility index (Phi) is 12.8. The summed E-state index contributed by atoms with van der Waals surface area (Å²) in [5.74, 6) is 2.21. The van der Waals surface area contributed by atoms with Gasteiger partial charge in [-0.15, -0.1) is 24.0 Å². The number of halogens is 1. The Morgan fingerprint density at radius 1 is 1.30 bits per heavy atom. The maximum atomic E-state index is 5.67. The minimum absolute atomic E-state index is 0. The molecule has 132 valence electrons. The van der Waals surface area contributed by atoms with Gasteiger partial charge in [0.15, 0.2) is 5.96 Å². The predicted molar refractivity (Wildman–Crippen MR) is 108 cm³/mol. The van der Waals surface area contributed by atoms with E-state index in [1.54, 1.807) is 6.20 Å². The van der Waals surface area contributed by atoms with E-state index in [4.69, 9.17) is 4.74 Å². The number of ether oxygens (including phenoxy) is 1. The number of aromatic nitrogens is 1. The van der Waals surface area contributed by atoms with Crippen molar-refractivity contribution in [3.63, 3.8) is 0 Å². The number of aliphatic imine (C=N–C) groups is 1. The van der Waals surface area contributed by atoms with Crippen molar-refractivity contribution in [2.24, 2.45) is 10.9 Å². The van der Waals surface area contributed by atoms with E-state index in [2.05, 4.69) is 48.3 Å². The van der Waals surface area contributed by atoms with Crippen molar-refractivity contribution < 1.29 is 4.74 Å². The molecule has 23 heavy (non-hydrogen) atoms. The zero-order valence-electron chi connectivity index (χ0n) is 14.8. The fourth-order valence-corrected chi connectivity index (χ4v) is 1.86. The smallest absolute Gasteiger partial charge is 0.218 e. The van der Waals surface area contributed by atoms with E-state index in [0.717, 1.165) is 37.5 Å². The minimum atomic E-state index is 0. The third kappa shape index (κ3) is 9.63. The number of rotatable bonds is 9. The molecule has 1 rings (SSSR count). The van der Waals surface area contributed by atoms with E-state index in [-0.39, 0.29) is 24.0 Å². The van der Waals surface area contributed by atoms with Crippen LogP contribution in [0.3, 0.4) is 0 Å². The summed E-state index contributed by atoms with van der Waals surface area (Å²) in [6.07, 6.45) is 3.85. The van der Waals surface area contributed by atoms with Crippen molar-refractivity contribution in [3.05, 3.63) is 23.9 Å². The van der Waals surface area contributed by atoms with Crippen LogP contribution in [0.4, 0.5) is 0 Å². The van der Waals surface area contributed by atoms with Crippen molar-refractivity contribution >= 4 is 29.9 Å². The second-order valence-electron chi connectivity index (χ2n) is 5.62. The average Bonchev–Trinajstić information content (AvgIpc) is 2.51. The van der Waals surface area contributed by atoms with Crippen LogP contribution in [0.25, 0.3) is 0 Å². The van der Waals surface area contributed by atoms with Gasteiger partial charge in [-0.3, -0.25) is 0 Å². The minimum Gasteiger partial charge on any atom is -0.477 e. The molecule has 1 aromatic heterocycles. The van der Waals surface area contributed by atoms with Gasteiger partial charge in [-0.2, -0.15) is 0 Å². The van der Waals surface area contributed by atoms with Gasteiger partial charge < -0.3 is 15.4 Å². The number of nitrogens with one attached hydrogen (secondary N) is 2. The van der Waals surface area contributed by atoms with Gasteiger partial charge in [0.1, 0.15) is 0 Å². The second-order valence-corrected chi connectivity index (χ2v) is 5.62. The highest BCUT2D eigenvalue weighted by molar-refractivity contribution is 14.0. The fourth-order valence-electron chi connectivity index (χ4n) is 1.86. The summed E-state index contributed by atoms with van der Waals surface area (Å²) >= 11 is 0. The van der Waals surface area contributed by atoms with Gasteiger partial charge in [0, 0.05) is 24.8 Å². The SMILES string of the molecule is CCCOc1ncccc1CN=C(NCC)NCCC(C)C.I. The molecule has 0 amide bonds. The Morgan fingerprint density at radius 2 is 2.09 bits per heavy atom. The van der Waals surface area contributed by atoms with Gasteiger partial charge in [0.05, 0.1) is 13.2 Å². The molecule has 1 heterocycles. The molecule has 1 aromatic rings. The summed E-state index contributed by atoms with van der Waals surface area (Å²) in [6.45, 7) is 11.6. The monoisotopic (exact) mass is 434 g/mol. The quantitative estimate of drug-likeness (QED) is 0.354. The number of hydrogen-bond acceptors (Lipinski definition) is 3. The highest BCUT2D eigenvalue weighted by atomic mass is 127. The summed E-state index contributed by atoms with van der Waals surface area (Å²) in [7, 11) is 0. The van der Waals surface area contributed by atoms with E-state index < -0.39 is 0 Å². The van der Waals surface area contributed by atoms with Crippen molar-refractivity contribution in [1.29, 1.82) is 0 Å². The van der Waals surface area contributed by atoms with Gasteiger partial charge >= 0.3 is 0 Å². The van der Waals surface area contributed by atoms with E-state index in [0.29, 0.717) is 24.9 Å². The molecular formula is C17H31IN4O. The van der Waals surface area contributed by atoms with E-state index in [1.165, 1.54) is 0 Å². The van der Waals surface area contributed by atoms with E-state index >= 15 is 0 Å². The maximum absolute atomic E-state index is 5.67. The van der Waals surface area contributed by atoms with Gasteiger partial charge in [-0.05, 0) is 31.7 Å². The number of guanidine groups is 1. The lowest BCUT2D eigenvalue weighted by Crippen LogP contribution is -2.38. The number of pyridine rings is 1. The van der Waals surface area contributed by atoms with Crippen molar-refractivity contribution in [1.82, 2.24) is 15.6 Å². The molecule has 0 unspecified atom stereocenters. The molecule has 0 saturated heterocycles. The molecule has 0 aromatic carbocycles. The van der Waals surface area contributed by atoms with Crippen LogP contribution in [0.15, 0.2) is 23.3 Å². The third-order valence-electron chi connectivity index (χ3n) is 3.06. The van der Waals surface area contributed by atoms with Crippen LogP contribution in [0.2, 0.25) is 0 Å². The molecule has 5 nitrogen and oxygen atoms in total. The molecule has 0 aliphatic carbocycles. The molecule has 0 saturated carbocycles. The van der Waals surface area contributed by atoms with Gasteiger partial charge in [0.2, 0.25) is 5.88 Å². The average molecular weight is 434 g/mol. The highest BCUT2D eigenvalue weighted by Gasteiger charge is 2.05. The summed E-state index contributed by atoms with van der Waals surface area (Å²) in [5, 5.41) is 6.63. The summed E-state index contributed by atoms with van der Waals surface area (Å²) in [5.41, 5.74) is 1.01. The highest BCUT2D eigenvalue weighted by Crippen LogP contribution is 2.15. The lowest BCUT2D eigenvalue weighted by molar-refractivity contribution is 0.302. The van der Waals surface area contributed by atoms with E-state index in [9.17, 15) is 0 Å². The zero-order chi connectivity index (χ0) is 16.2. The van der Waals surface area contributed by atoms with Gasteiger partial charge in [0.25, 0.3) is 0 Å². The number of hydrogen-bond donors (Lipinski definition) is 2. The Balaban J connectivity index is 0.00000484. The van der Waals surface area contributed by atoms with Crippen LogP contribution in [0, 0.1) is 5.92 Å². The third-order valence-corrected chi connectivity index (χ3v) is 3.06. The standard InChI is InChI=1S/C17H30N4O.HI/c1-5-12-22-16-15(8-7-10-19-16)13-21-17(18-6-2)20-11-9-14(3)4;/h7-8,10,14H,5-6,9,11-13H2,1-4H3,(H2,18,20,21);1H. The van der Waals surface area contributed by atoms with Crippen molar-refractivity contribution in [2.45, 2.75) is 47.1 Å². The topological polar surface area (TPSA) is 58.5 Å². The molecule has 0 aliphatic heterocycles. The summed E-state index contributed by atoms with van der Waals surface area (Å²) in [6, 6.07) is 3.93. The first-order chi connectivity index (χ1) is 10.7. The van der Waals surface area contributed by atoms with Crippen LogP contribution < -0.4 is 15.4 Å². The van der Waals surface area contributed by atoms with Gasteiger partial charge in [-0.25, -0.2) is 9.98 Å². The zero-order valence-corrected chi connectivity index (χ0v) is 17.1. The number of nitrogens with zero attached hydrogens (tertiary/aromatic N) is 2. The van der Waals surface area contributed by atoms with E-state index in [1.807, 2.05) is 12.1 Å². The molecular weight excluding hydrogens is 403 g/mol. The molecule has 0 aliphatic rings. The molecule has 0 spiro atoms. The first-order valence-electron chi connectivity index (χ1n) is 8.26. The van der Waals surface area contributed by atoms with Crippen LogP contribution in [-0.4, -0.2) is 30.6 Å². The Labute approximate surface area is 157 Å². The Bertz CT molecular complexity index is 452. The Morgan fingerprint density at radius 3 is 2.74 bits per heavy atom. The molecule has 0 atom stereocenters. The largest absolute Gasteiger partial charge is 0.477 e. The first-order valence-corrected chi connectivity index (χ1v) is 8.26. The molecule has 0 radical (unpaired) electrons. The maximum Gasteiger partial charge on any atom is 0.218 e. The normalized spacial score (nSPS) is 11.1. The van der Waals surface area contributed by atoms with Gasteiger partial charge in [-0.1, -0.05) is 26.8 Å². The molecule has 0 bridgehead atoms. The molecule has 6 heteroatoms. The lowest BCUT2D eigenvalue weighted by atomic mass is 10.1. The molecule has 2 N–H and O–H groups in total. The lowest BCUT2D eigenvalue weighted by Gasteiger charge is -2.13. The van der Waals surface area contributed by atoms with Crippen LogP contribution in [0.5, 0.6) is 5.88 Å².